The SMILES string of the molecule is O=C(CN(c1ccc(F)cc1)S(=O)(=O)c1cccs1)N1CCN(c2ccccc2F)CC1. The van der Waals surface area contributed by atoms with Gasteiger partial charge in [-0.1, -0.05) is 18.2 Å². The first-order chi connectivity index (χ1) is 15.4. The third-order valence-electron chi connectivity index (χ3n) is 5.26. The molecule has 1 aromatic heterocycles. The molecule has 168 valence electrons. The van der Waals surface area contributed by atoms with Crippen LogP contribution in [-0.4, -0.2) is 51.9 Å². The third kappa shape index (κ3) is 4.61. The molecule has 32 heavy (non-hydrogen) atoms. The fraction of sp³-hybridized carbons (Fsp3) is 0.227. The highest BCUT2D eigenvalue weighted by molar-refractivity contribution is 7.94. The molecule has 0 saturated carbocycles. The Labute approximate surface area is 189 Å². The fourth-order valence-electron chi connectivity index (χ4n) is 3.57. The normalized spacial score (nSPS) is 14.4. The molecule has 0 aliphatic carbocycles. The maximum atomic E-state index is 14.1. The van der Waals surface area contributed by atoms with Crippen molar-refractivity contribution in [1.82, 2.24) is 4.90 Å². The van der Waals surface area contributed by atoms with E-state index in [1.54, 1.807) is 34.5 Å². The number of amides is 1. The van der Waals surface area contributed by atoms with Crippen LogP contribution in [0.4, 0.5) is 20.2 Å². The number of benzene rings is 2. The van der Waals surface area contributed by atoms with E-state index in [4.69, 9.17) is 0 Å². The highest BCUT2D eigenvalue weighted by Crippen LogP contribution is 2.27. The molecule has 1 fully saturated rings. The lowest BCUT2D eigenvalue weighted by molar-refractivity contribution is -0.129. The maximum absolute atomic E-state index is 14.1. The van der Waals surface area contributed by atoms with Gasteiger partial charge in [-0.15, -0.1) is 11.3 Å². The molecule has 1 aliphatic rings. The molecule has 1 aliphatic heterocycles. The number of sulfonamides is 1. The zero-order valence-electron chi connectivity index (χ0n) is 17.0. The van der Waals surface area contributed by atoms with Crippen molar-refractivity contribution in [2.45, 2.75) is 4.21 Å². The average molecular weight is 478 g/mol. The summed E-state index contributed by atoms with van der Waals surface area (Å²) in [5, 5.41) is 1.64. The smallest absolute Gasteiger partial charge is 0.274 e. The molecule has 0 unspecified atom stereocenters. The quantitative estimate of drug-likeness (QED) is 0.545. The number of hydrogen-bond donors (Lipinski definition) is 0. The van der Waals surface area contributed by atoms with Crippen molar-refractivity contribution in [3.63, 3.8) is 0 Å². The van der Waals surface area contributed by atoms with Crippen molar-refractivity contribution in [3.8, 4) is 0 Å². The number of halogens is 2. The van der Waals surface area contributed by atoms with Crippen molar-refractivity contribution in [3.05, 3.63) is 77.7 Å². The number of para-hydroxylation sites is 1. The molecule has 0 atom stereocenters. The van der Waals surface area contributed by atoms with Gasteiger partial charge < -0.3 is 9.80 Å². The summed E-state index contributed by atoms with van der Waals surface area (Å²) in [6.45, 7) is 1.13. The van der Waals surface area contributed by atoms with Crippen LogP contribution in [0.25, 0.3) is 0 Å². The lowest BCUT2D eigenvalue weighted by Gasteiger charge is -2.37. The highest BCUT2D eigenvalue weighted by atomic mass is 32.2. The van der Waals surface area contributed by atoms with Crippen LogP contribution >= 0.6 is 11.3 Å². The summed E-state index contributed by atoms with van der Waals surface area (Å²) in [7, 11) is -3.99. The zero-order chi connectivity index (χ0) is 22.7. The van der Waals surface area contributed by atoms with Crippen LogP contribution in [0.15, 0.2) is 70.3 Å². The van der Waals surface area contributed by atoms with E-state index in [0.29, 0.717) is 31.9 Å². The average Bonchev–Trinajstić information content (AvgIpc) is 3.34. The molecule has 0 radical (unpaired) electrons. The summed E-state index contributed by atoms with van der Waals surface area (Å²) in [4.78, 5) is 16.5. The van der Waals surface area contributed by atoms with Gasteiger partial charge in [-0.05, 0) is 47.8 Å². The van der Waals surface area contributed by atoms with Gasteiger partial charge >= 0.3 is 0 Å². The van der Waals surface area contributed by atoms with Crippen molar-refractivity contribution in [2.75, 3.05) is 41.9 Å². The predicted molar refractivity (Wildman–Crippen MR) is 120 cm³/mol. The highest BCUT2D eigenvalue weighted by Gasteiger charge is 2.31. The Morgan fingerprint density at radius 1 is 0.938 bits per heavy atom. The minimum atomic E-state index is -3.99. The number of carbonyl (C=O) groups is 1. The van der Waals surface area contributed by atoms with Gasteiger partial charge in [0.25, 0.3) is 10.0 Å². The molecule has 1 saturated heterocycles. The Morgan fingerprint density at radius 3 is 2.25 bits per heavy atom. The van der Waals surface area contributed by atoms with Gasteiger partial charge in [0, 0.05) is 26.2 Å². The van der Waals surface area contributed by atoms with Crippen molar-refractivity contribution >= 4 is 38.6 Å². The van der Waals surface area contributed by atoms with Crippen LogP contribution < -0.4 is 9.21 Å². The summed E-state index contributed by atoms with van der Waals surface area (Å²) in [5.41, 5.74) is 0.686. The number of anilines is 2. The third-order valence-corrected chi connectivity index (χ3v) is 8.41. The largest absolute Gasteiger partial charge is 0.366 e. The van der Waals surface area contributed by atoms with Crippen LogP contribution in [0.2, 0.25) is 0 Å². The lowest BCUT2D eigenvalue weighted by atomic mass is 10.2. The van der Waals surface area contributed by atoms with Crippen LogP contribution in [0, 0.1) is 11.6 Å². The molecular weight excluding hydrogens is 456 g/mol. The van der Waals surface area contributed by atoms with E-state index in [1.807, 2.05) is 4.90 Å². The Morgan fingerprint density at radius 2 is 1.62 bits per heavy atom. The Balaban J connectivity index is 1.51. The molecule has 2 aromatic carbocycles. The fourth-order valence-corrected chi connectivity index (χ4v) is 6.09. The standard InChI is InChI=1S/C22H21F2N3O3S2/c23-17-7-9-18(10-8-17)27(32(29,30)22-6-3-15-31-22)16-21(28)26-13-11-25(12-14-26)20-5-2-1-4-19(20)24/h1-10,15H,11-14,16H2. The number of hydrogen-bond acceptors (Lipinski definition) is 5. The molecule has 2 heterocycles. The van der Waals surface area contributed by atoms with Gasteiger partial charge in [-0.3, -0.25) is 9.10 Å². The molecule has 0 N–H and O–H groups in total. The van der Waals surface area contributed by atoms with Crippen LogP contribution in [-0.2, 0) is 14.8 Å². The van der Waals surface area contributed by atoms with E-state index in [-0.39, 0.29) is 21.6 Å². The Hall–Kier alpha value is -2.98. The number of rotatable bonds is 6. The van der Waals surface area contributed by atoms with Crippen molar-refractivity contribution in [2.24, 2.45) is 0 Å². The number of thiophene rings is 1. The van der Waals surface area contributed by atoms with Crippen molar-refractivity contribution in [1.29, 1.82) is 0 Å². The first kappa shape index (κ1) is 22.2. The van der Waals surface area contributed by atoms with E-state index in [9.17, 15) is 22.0 Å². The van der Waals surface area contributed by atoms with Gasteiger partial charge in [-0.25, -0.2) is 17.2 Å². The number of carbonyl (C=O) groups excluding carboxylic acids is 1. The van der Waals surface area contributed by atoms with E-state index < -0.39 is 22.4 Å². The summed E-state index contributed by atoms with van der Waals surface area (Å²) in [6, 6.07) is 14.5. The van der Waals surface area contributed by atoms with E-state index >= 15 is 0 Å². The van der Waals surface area contributed by atoms with Gasteiger partial charge in [0.1, 0.15) is 22.4 Å². The van der Waals surface area contributed by atoms with Gasteiger partial charge in [0.05, 0.1) is 11.4 Å². The monoisotopic (exact) mass is 477 g/mol. The first-order valence-electron chi connectivity index (χ1n) is 9.95. The van der Waals surface area contributed by atoms with E-state index in [2.05, 4.69) is 0 Å². The number of piperazine rings is 1. The predicted octanol–water partition coefficient (Wildman–Crippen LogP) is 3.57. The summed E-state index contributed by atoms with van der Waals surface area (Å²) in [6.07, 6.45) is 0. The molecule has 3 aromatic rings. The summed E-state index contributed by atoms with van der Waals surface area (Å²) >= 11 is 1.05. The van der Waals surface area contributed by atoms with E-state index in [0.717, 1.165) is 27.8 Å². The molecule has 4 rings (SSSR count). The minimum absolute atomic E-state index is 0.0963. The molecule has 0 spiro atoms. The maximum Gasteiger partial charge on any atom is 0.274 e. The van der Waals surface area contributed by atoms with Crippen LogP contribution in [0.3, 0.4) is 0 Å². The zero-order valence-corrected chi connectivity index (χ0v) is 18.7. The van der Waals surface area contributed by atoms with Gasteiger partial charge in [0.15, 0.2) is 0 Å². The summed E-state index contributed by atoms with van der Waals surface area (Å²) in [5.74, 6) is -1.20. The van der Waals surface area contributed by atoms with Crippen LogP contribution in [0.1, 0.15) is 0 Å². The second-order valence-corrected chi connectivity index (χ2v) is 10.3. The summed E-state index contributed by atoms with van der Waals surface area (Å²) < 4.78 is 55.0. The molecular formula is C22H21F2N3O3S2. The Kier molecular flexibility index (Phi) is 6.43. The van der Waals surface area contributed by atoms with Gasteiger partial charge in [0.2, 0.25) is 5.91 Å². The minimum Gasteiger partial charge on any atom is -0.366 e. The molecule has 6 nitrogen and oxygen atoms in total. The second kappa shape index (κ2) is 9.25. The lowest BCUT2D eigenvalue weighted by Crippen LogP contribution is -2.52. The molecule has 1 amide bonds. The van der Waals surface area contributed by atoms with Crippen LogP contribution in [0.5, 0.6) is 0 Å². The Bertz CT molecular complexity index is 1180. The first-order valence-corrected chi connectivity index (χ1v) is 12.3. The molecule has 0 bridgehead atoms. The second-order valence-electron chi connectivity index (χ2n) is 7.24. The topological polar surface area (TPSA) is 60.9 Å². The van der Waals surface area contributed by atoms with E-state index in [1.165, 1.54) is 24.3 Å². The molecule has 10 heteroatoms. The van der Waals surface area contributed by atoms with Gasteiger partial charge in [-0.2, -0.15) is 0 Å². The number of nitrogens with zero attached hydrogens (tertiary/aromatic N) is 3. The van der Waals surface area contributed by atoms with Crippen molar-refractivity contribution < 1.29 is 22.0 Å².